The van der Waals surface area contributed by atoms with Crippen molar-refractivity contribution < 1.29 is 38.3 Å². The lowest BCUT2D eigenvalue weighted by Crippen LogP contribution is -2.39. The number of hydrogen-bond donors (Lipinski definition) is 1. The summed E-state index contributed by atoms with van der Waals surface area (Å²) in [6.07, 6.45) is -0.0927. The predicted molar refractivity (Wildman–Crippen MR) is 157 cm³/mol. The summed E-state index contributed by atoms with van der Waals surface area (Å²) in [6, 6.07) is 19.2. The molecule has 3 aliphatic rings. The number of cyclic esters (lactones) is 1. The Kier molecular flexibility index (Phi) is 8.14. The zero-order valence-corrected chi connectivity index (χ0v) is 24.5. The number of aliphatic hydroxyl groups is 1. The molecule has 2 saturated heterocycles. The van der Waals surface area contributed by atoms with Crippen molar-refractivity contribution >= 4 is 29.5 Å². The van der Waals surface area contributed by atoms with Crippen LogP contribution in [0.2, 0.25) is 0 Å². The van der Waals surface area contributed by atoms with Crippen molar-refractivity contribution in [3.8, 4) is 28.7 Å². The van der Waals surface area contributed by atoms with Gasteiger partial charge in [-0.3, -0.25) is 4.79 Å². The highest BCUT2D eigenvalue weighted by Gasteiger charge is 2.55. The zero-order valence-electron chi connectivity index (χ0n) is 22.9. The minimum Gasteiger partial charge on any atom is -0.493 e. The van der Waals surface area contributed by atoms with Gasteiger partial charge in [-0.15, -0.1) is 23.5 Å². The Labute approximate surface area is 247 Å². The number of methoxy groups -OCH3 is 2. The molecule has 2 fully saturated rings. The number of thioether (sulfide) groups is 2. The van der Waals surface area contributed by atoms with Crippen LogP contribution in [0.5, 0.6) is 28.7 Å². The van der Waals surface area contributed by atoms with Gasteiger partial charge in [0.1, 0.15) is 6.61 Å². The van der Waals surface area contributed by atoms with Gasteiger partial charge in [0.25, 0.3) is 0 Å². The van der Waals surface area contributed by atoms with Gasteiger partial charge in [-0.05, 0) is 58.9 Å². The molecule has 3 aliphatic heterocycles. The molecule has 0 radical (unpaired) electrons. The first-order valence-electron chi connectivity index (χ1n) is 13.5. The average Bonchev–Trinajstić information content (AvgIpc) is 3.66. The first-order valence-corrected chi connectivity index (χ1v) is 15.5. The highest BCUT2D eigenvalue weighted by atomic mass is 32.2. The van der Waals surface area contributed by atoms with Gasteiger partial charge in [0.05, 0.1) is 36.9 Å². The van der Waals surface area contributed by atoms with Crippen LogP contribution in [0.4, 0.5) is 0 Å². The summed E-state index contributed by atoms with van der Waals surface area (Å²) >= 11 is 3.60. The summed E-state index contributed by atoms with van der Waals surface area (Å²) in [5.74, 6) is 2.99. The quantitative estimate of drug-likeness (QED) is 0.317. The van der Waals surface area contributed by atoms with E-state index in [0.717, 1.165) is 29.1 Å². The van der Waals surface area contributed by atoms with Crippen LogP contribution in [0.15, 0.2) is 60.7 Å². The number of aliphatic hydroxyl groups excluding tert-OH is 1. The molecule has 0 aromatic heterocycles. The molecule has 1 N–H and O–H groups in total. The summed E-state index contributed by atoms with van der Waals surface area (Å²) in [6.45, 7) is 0.716. The van der Waals surface area contributed by atoms with Gasteiger partial charge in [-0.2, -0.15) is 0 Å². The third-order valence-corrected chi connectivity index (χ3v) is 11.3. The normalized spacial score (nSPS) is 21.7. The molecule has 6 rings (SSSR count). The number of carbonyl (C=O) groups excluding carboxylic acids is 1. The molecule has 41 heavy (non-hydrogen) atoms. The highest BCUT2D eigenvalue weighted by molar-refractivity contribution is 8.18. The molecule has 216 valence electrons. The second-order valence-electron chi connectivity index (χ2n) is 10.0. The van der Waals surface area contributed by atoms with E-state index in [1.165, 1.54) is 14.2 Å². The van der Waals surface area contributed by atoms with E-state index in [4.69, 9.17) is 28.4 Å². The van der Waals surface area contributed by atoms with Gasteiger partial charge in [-0.25, -0.2) is 0 Å². The van der Waals surface area contributed by atoms with E-state index >= 15 is 0 Å². The fraction of sp³-hybridized carbons (Fsp3) is 0.387. The van der Waals surface area contributed by atoms with Crippen molar-refractivity contribution in [2.24, 2.45) is 11.8 Å². The molecule has 8 nitrogen and oxygen atoms in total. The van der Waals surface area contributed by atoms with Gasteiger partial charge >= 0.3 is 5.97 Å². The third-order valence-electron chi connectivity index (χ3n) is 7.69. The largest absolute Gasteiger partial charge is 0.493 e. The van der Waals surface area contributed by atoms with Crippen molar-refractivity contribution in [1.82, 2.24) is 0 Å². The predicted octanol–water partition coefficient (Wildman–Crippen LogP) is 5.56. The molecular weight excluding hydrogens is 564 g/mol. The SMILES string of the molecule is COc1cc([C@@H](O)[C@@H]2C(=O)OC[C@H]2C2(c3ccc4c(c3)OCO4)SCCCS2)cc(OC)c1OCc1ccccc1. The lowest BCUT2D eigenvalue weighted by atomic mass is 9.82. The van der Waals surface area contributed by atoms with Crippen LogP contribution in [0.1, 0.15) is 29.2 Å². The first-order chi connectivity index (χ1) is 20.0. The molecule has 3 aromatic carbocycles. The number of fused-ring (bicyclic) bond motifs is 1. The van der Waals surface area contributed by atoms with Crippen LogP contribution in [0.25, 0.3) is 0 Å². The second-order valence-corrected chi connectivity index (χ2v) is 13.0. The number of benzene rings is 3. The van der Waals surface area contributed by atoms with Crippen molar-refractivity contribution in [2.45, 2.75) is 23.2 Å². The monoisotopic (exact) mass is 596 g/mol. The maximum Gasteiger partial charge on any atom is 0.312 e. The minimum atomic E-state index is -1.16. The number of hydrogen-bond acceptors (Lipinski definition) is 10. The number of esters is 1. The van der Waals surface area contributed by atoms with Crippen LogP contribution < -0.4 is 23.7 Å². The van der Waals surface area contributed by atoms with E-state index in [-0.39, 0.29) is 19.3 Å². The zero-order chi connectivity index (χ0) is 28.4. The first kappa shape index (κ1) is 27.9. The van der Waals surface area contributed by atoms with E-state index in [1.807, 2.05) is 48.5 Å². The van der Waals surface area contributed by atoms with E-state index in [1.54, 1.807) is 35.7 Å². The molecule has 0 aliphatic carbocycles. The lowest BCUT2D eigenvalue weighted by molar-refractivity contribution is -0.144. The van der Waals surface area contributed by atoms with Crippen LogP contribution in [0.3, 0.4) is 0 Å². The van der Waals surface area contributed by atoms with Gasteiger partial charge in [-0.1, -0.05) is 36.4 Å². The Morgan fingerprint density at radius 2 is 1.66 bits per heavy atom. The topological polar surface area (TPSA) is 92.7 Å². The van der Waals surface area contributed by atoms with Crippen LogP contribution in [-0.2, 0) is 20.2 Å². The van der Waals surface area contributed by atoms with Gasteiger partial charge in [0.15, 0.2) is 23.0 Å². The number of carbonyl (C=O) groups is 1. The van der Waals surface area contributed by atoms with Crippen LogP contribution in [-0.4, -0.2) is 50.2 Å². The fourth-order valence-corrected chi connectivity index (χ4v) is 9.28. The minimum absolute atomic E-state index is 0.188. The number of ether oxygens (including phenoxy) is 6. The Balaban J connectivity index is 1.33. The highest BCUT2D eigenvalue weighted by Crippen LogP contribution is 2.61. The summed E-state index contributed by atoms with van der Waals surface area (Å²) in [5.41, 5.74) is 2.51. The van der Waals surface area contributed by atoms with Crippen LogP contribution >= 0.6 is 23.5 Å². The molecule has 0 bridgehead atoms. The standard InChI is InChI=1S/C31H32O8S2/c1-34-25-13-20(14-26(35-2)29(25)36-16-19-7-4-3-5-8-19)28(32)27-22(17-37-30(27)33)31(40-11-6-12-41-31)21-9-10-23-24(15-21)39-18-38-23/h3-5,7-10,13-15,22,27-28,32H,6,11-12,16-18H2,1-2H3/t22-,27-,28-/m1/s1. The smallest absolute Gasteiger partial charge is 0.312 e. The molecule has 0 unspecified atom stereocenters. The fourth-order valence-electron chi connectivity index (χ4n) is 5.64. The van der Waals surface area contributed by atoms with Crippen molar-refractivity contribution in [3.05, 3.63) is 77.4 Å². The third kappa shape index (κ3) is 5.29. The molecule has 0 spiro atoms. The summed E-state index contributed by atoms with van der Waals surface area (Å²) in [5, 5.41) is 11.8. The Hall–Kier alpha value is -3.21. The number of rotatable bonds is 9. The van der Waals surface area contributed by atoms with Crippen LogP contribution in [0, 0.1) is 11.8 Å². The maximum atomic E-state index is 13.3. The van der Waals surface area contributed by atoms with Gasteiger partial charge in [0.2, 0.25) is 12.5 Å². The second kappa shape index (κ2) is 12.0. The van der Waals surface area contributed by atoms with Gasteiger partial charge < -0.3 is 33.5 Å². The Morgan fingerprint density at radius 1 is 0.951 bits per heavy atom. The van der Waals surface area contributed by atoms with Crippen molar-refractivity contribution in [2.75, 3.05) is 39.1 Å². The average molecular weight is 597 g/mol. The Morgan fingerprint density at radius 3 is 2.37 bits per heavy atom. The van der Waals surface area contributed by atoms with E-state index in [2.05, 4.69) is 0 Å². The van der Waals surface area contributed by atoms with E-state index in [9.17, 15) is 9.90 Å². The molecular formula is C31H32O8S2. The van der Waals surface area contributed by atoms with Gasteiger partial charge in [0, 0.05) is 5.92 Å². The molecule has 0 amide bonds. The molecule has 3 heterocycles. The van der Waals surface area contributed by atoms with Crippen molar-refractivity contribution in [1.29, 1.82) is 0 Å². The maximum absolute atomic E-state index is 13.3. The van der Waals surface area contributed by atoms with E-state index < -0.39 is 22.1 Å². The molecule has 0 saturated carbocycles. The van der Waals surface area contributed by atoms with E-state index in [0.29, 0.717) is 40.9 Å². The molecule has 10 heteroatoms. The van der Waals surface area contributed by atoms with Crippen molar-refractivity contribution in [3.63, 3.8) is 0 Å². The lowest BCUT2D eigenvalue weighted by Gasteiger charge is -2.43. The summed E-state index contributed by atoms with van der Waals surface area (Å²) < 4.78 is 33.8. The summed E-state index contributed by atoms with van der Waals surface area (Å²) in [4.78, 5) is 13.3. The Bertz CT molecular complexity index is 1370. The molecule has 3 aromatic rings. The summed E-state index contributed by atoms with van der Waals surface area (Å²) in [7, 11) is 3.08. The molecule has 3 atom stereocenters.